The normalized spacial score (nSPS) is 12.9. The highest BCUT2D eigenvalue weighted by molar-refractivity contribution is 14.0. The van der Waals surface area contributed by atoms with Crippen molar-refractivity contribution in [1.82, 2.24) is 15.5 Å². The quantitative estimate of drug-likeness (QED) is 0.217. The highest BCUT2D eigenvalue weighted by Gasteiger charge is 2.20. The molecule has 0 unspecified atom stereocenters. The van der Waals surface area contributed by atoms with Crippen molar-refractivity contribution < 1.29 is 23.0 Å². The van der Waals surface area contributed by atoms with Gasteiger partial charge in [0, 0.05) is 31.8 Å². The molecule has 1 aromatic rings. The van der Waals surface area contributed by atoms with Crippen LogP contribution in [0.15, 0.2) is 17.1 Å². The molecule has 1 aliphatic heterocycles. The average Bonchev–Trinajstić information content (AvgIpc) is 3.10. The van der Waals surface area contributed by atoms with Gasteiger partial charge in [-0.2, -0.15) is 8.78 Å². The Bertz CT molecular complexity index is 631. The van der Waals surface area contributed by atoms with Gasteiger partial charge in [-0.05, 0) is 32.1 Å². The SMILES string of the molecule is CCN(CC)CCCNC(=NC)NCc1cc2c(cc1OC(F)F)OCO2.I. The molecule has 0 atom stereocenters. The number of halogens is 3. The van der Waals surface area contributed by atoms with Crippen LogP contribution in [-0.4, -0.2) is 57.5 Å². The Kier molecular flexibility index (Phi) is 11.2. The lowest BCUT2D eigenvalue weighted by Crippen LogP contribution is -2.38. The zero-order valence-corrected chi connectivity index (χ0v) is 18.8. The fraction of sp³-hybridized carbons (Fsp3) is 0.611. The molecular formula is C18H29F2IN4O3. The second kappa shape index (κ2) is 12.8. The van der Waals surface area contributed by atoms with Gasteiger partial charge < -0.3 is 29.7 Å². The largest absolute Gasteiger partial charge is 0.454 e. The molecule has 0 saturated carbocycles. The number of rotatable bonds is 10. The van der Waals surface area contributed by atoms with Gasteiger partial charge in [0.05, 0.1) is 0 Å². The van der Waals surface area contributed by atoms with Crippen LogP contribution in [0.4, 0.5) is 8.78 Å². The molecule has 0 aromatic heterocycles. The topological polar surface area (TPSA) is 67.4 Å². The predicted octanol–water partition coefficient (Wildman–Crippen LogP) is 3.03. The molecule has 1 aromatic carbocycles. The highest BCUT2D eigenvalue weighted by Crippen LogP contribution is 2.38. The molecule has 0 radical (unpaired) electrons. The van der Waals surface area contributed by atoms with Gasteiger partial charge in [-0.3, -0.25) is 4.99 Å². The number of guanidine groups is 1. The molecule has 2 rings (SSSR count). The van der Waals surface area contributed by atoms with Crippen molar-refractivity contribution in [3.63, 3.8) is 0 Å². The number of ether oxygens (including phenoxy) is 3. The summed E-state index contributed by atoms with van der Waals surface area (Å²) in [6.07, 6.45) is 0.978. The fourth-order valence-electron chi connectivity index (χ4n) is 2.76. The minimum atomic E-state index is -2.92. The van der Waals surface area contributed by atoms with Crippen molar-refractivity contribution in [3.8, 4) is 17.2 Å². The number of benzene rings is 1. The molecule has 0 fully saturated rings. The highest BCUT2D eigenvalue weighted by atomic mass is 127. The van der Waals surface area contributed by atoms with Gasteiger partial charge in [0.25, 0.3) is 0 Å². The Morgan fingerprint density at radius 1 is 1.21 bits per heavy atom. The van der Waals surface area contributed by atoms with Gasteiger partial charge in [-0.15, -0.1) is 24.0 Å². The van der Waals surface area contributed by atoms with Crippen molar-refractivity contribution in [3.05, 3.63) is 17.7 Å². The molecule has 10 heteroatoms. The molecule has 1 heterocycles. The van der Waals surface area contributed by atoms with Crippen LogP contribution in [0.5, 0.6) is 17.2 Å². The molecule has 7 nitrogen and oxygen atoms in total. The van der Waals surface area contributed by atoms with Crippen LogP contribution < -0.4 is 24.8 Å². The Hall–Kier alpha value is -1.56. The van der Waals surface area contributed by atoms with E-state index in [1.165, 1.54) is 6.07 Å². The molecule has 2 N–H and O–H groups in total. The smallest absolute Gasteiger partial charge is 0.387 e. The average molecular weight is 514 g/mol. The molecule has 0 saturated heterocycles. The van der Waals surface area contributed by atoms with Gasteiger partial charge in [-0.1, -0.05) is 13.8 Å². The molecule has 0 bridgehead atoms. The van der Waals surface area contributed by atoms with Gasteiger partial charge in [-0.25, -0.2) is 0 Å². The number of hydrogen-bond acceptors (Lipinski definition) is 5. The molecule has 0 aliphatic carbocycles. The predicted molar refractivity (Wildman–Crippen MR) is 115 cm³/mol. The standard InChI is InChI=1S/C18H28F2N4O3.HI/c1-4-24(5-2)8-6-7-22-18(21-3)23-11-13-9-15-16(26-12-25-15)10-14(13)27-17(19)20;/h9-10,17H,4-8,11-12H2,1-3H3,(H2,21,22,23);1H. The maximum Gasteiger partial charge on any atom is 0.387 e. The Balaban J connectivity index is 0.00000392. The summed E-state index contributed by atoms with van der Waals surface area (Å²) >= 11 is 0. The van der Waals surface area contributed by atoms with E-state index >= 15 is 0 Å². The summed E-state index contributed by atoms with van der Waals surface area (Å²) in [6, 6.07) is 3.06. The van der Waals surface area contributed by atoms with Crippen LogP contribution in [0.3, 0.4) is 0 Å². The van der Waals surface area contributed by atoms with E-state index in [1.54, 1.807) is 13.1 Å². The zero-order chi connectivity index (χ0) is 19.6. The molecule has 160 valence electrons. The van der Waals surface area contributed by atoms with Crippen molar-refractivity contribution in [2.75, 3.05) is 40.0 Å². The first-order chi connectivity index (χ1) is 13.1. The Morgan fingerprint density at radius 2 is 1.89 bits per heavy atom. The summed E-state index contributed by atoms with van der Waals surface area (Å²) in [4.78, 5) is 6.50. The van der Waals surface area contributed by atoms with Crippen molar-refractivity contribution in [2.24, 2.45) is 4.99 Å². The van der Waals surface area contributed by atoms with E-state index in [-0.39, 0.29) is 43.1 Å². The van der Waals surface area contributed by atoms with Gasteiger partial charge in [0.15, 0.2) is 17.5 Å². The van der Waals surface area contributed by atoms with E-state index in [4.69, 9.17) is 9.47 Å². The molecule has 1 aliphatic rings. The second-order valence-electron chi connectivity index (χ2n) is 5.92. The van der Waals surface area contributed by atoms with Crippen molar-refractivity contribution in [2.45, 2.75) is 33.4 Å². The van der Waals surface area contributed by atoms with Crippen LogP contribution >= 0.6 is 24.0 Å². The number of nitrogens with zero attached hydrogens (tertiary/aromatic N) is 2. The van der Waals surface area contributed by atoms with Gasteiger partial charge in [0.2, 0.25) is 6.79 Å². The summed E-state index contributed by atoms with van der Waals surface area (Å²) in [5.74, 6) is 1.55. The van der Waals surface area contributed by atoms with E-state index in [1.807, 2.05) is 0 Å². The lowest BCUT2D eigenvalue weighted by Gasteiger charge is -2.18. The first kappa shape index (κ1) is 24.5. The second-order valence-corrected chi connectivity index (χ2v) is 5.92. The monoisotopic (exact) mass is 514 g/mol. The van der Waals surface area contributed by atoms with E-state index in [0.717, 1.165) is 32.6 Å². The van der Waals surface area contributed by atoms with Crippen LogP contribution in [0, 0.1) is 0 Å². The molecule has 0 spiro atoms. The number of alkyl halides is 2. The minimum absolute atomic E-state index is 0. The van der Waals surface area contributed by atoms with Crippen LogP contribution in [0.25, 0.3) is 0 Å². The summed E-state index contributed by atoms with van der Waals surface area (Å²) < 4.78 is 40.5. The van der Waals surface area contributed by atoms with Crippen molar-refractivity contribution in [1.29, 1.82) is 0 Å². The number of hydrogen-bond donors (Lipinski definition) is 2. The van der Waals surface area contributed by atoms with Gasteiger partial charge >= 0.3 is 6.61 Å². The summed E-state index contributed by atoms with van der Waals surface area (Å²) in [6.45, 7) is 5.51. The van der Waals surface area contributed by atoms with Crippen LogP contribution in [0.1, 0.15) is 25.8 Å². The summed E-state index contributed by atoms with van der Waals surface area (Å²) in [5, 5.41) is 6.33. The first-order valence-corrected chi connectivity index (χ1v) is 9.11. The third-order valence-corrected chi connectivity index (χ3v) is 4.28. The number of nitrogens with one attached hydrogen (secondary N) is 2. The summed E-state index contributed by atoms with van der Waals surface area (Å²) in [7, 11) is 1.66. The number of fused-ring (bicyclic) bond motifs is 1. The van der Waals surface area contributed by atoms with Gasteiger partial charge in [0.1, 0.15) is 5.75 Å². The summed E-state index contributed by atoms with van der Waals surface area (Å²) in [5.41, 5.74) is 0.533. The van der Waals surface area contributed by atoms with Crippen LogP contribution in [0.2, 0.25) is 0 Å². The first-order valence-electron chi connectivity index (χ1n) is 9.11. The van der Waals surface area contributed by atoms with E-state index < -0.39 is 6.61 Å². The number of aliphatic imine (C=N–C) groups is 1. The molecule has 28 heavy (non-hydrogen) atoms. The van der Waals surface area contributed by atoms with Crippen LogP contribution in [-0.2, 0) is 6.54 Å². The lowest BCUT2D eigenvalue weighted by molar-refractivity contribution is -0.0505. The third kappa shape index (κ3) is 7.46. The lowest BCUT2D eigenvalue weighted by atomic mass is 10.1. The van der Waals surface area contributed by atoms with Crippen molar-refractivity contribution >= 4 is 29.9 Å². The Labute approximate surface area is 181 Å². The molecule has 0 amide bonds. The maximum atomic E-state index is 12.7. The molecular weight excluding hydrogens is 485 g/mol. The van der Waals surface area contributed by atoms with E-state index in [9.17, 15) is 8.78 Å². The van der Waals surface area contributed by atoms with E-state index in [0.29, 0.717) is 23.0 Å². The zero-order valence-electron chi connectivity index (χ0n) is 16.5. The maximum absolute atomic E-state index is 12.7. The van der Waals surface area contributed by atoms with E-state index in [2.05, 4.69) is 39.1 Å². The minimum Gasteiger partial charge on any atom is -0.454 e. The third-order valence-electron chi connectivity index (χ3n) is 4.28. The fourth-order valence-corrected chi connectivity index (χ4v) is 2.76. The Morgan fingerprint density at radius 3 is 2.50 bits per heavy atom.